The van der Waals surface area contributed by atoms with Crippen molar-refractivity contribution in [1.29, 1.82) is 5.41 Å². The van der Waals surface area contributed by atoms with Gasteiger partial charge in [0.15, 0.2) is 5.82 Å². The Morgan fingerprint density at radius 3 is 2.59 bits per heavy atom. The third-order valence-corrected chi connectivity index (χ3v) is 7.44. The molecule has 2 unspecified atom stereocenters. The molecule has 1 aromatic carbocycles. The predicted molar refractivity (Wildman–Crippen MR) is 126 cm³/mol. The van der Waals surface area contributed by atoms with Gasteiger partial charge in [0.05, 0.1) is 18.3 Å². The number of anilines is 3. The summed E-state index contributed by atoms with van der Waals surface area (Å²) < 4.78 is 78.7. The maximum absolute atomic E-state index is 13.8. The average molecular weight is 529 g/mol. The van der Waals surface area contributed by atoms with Crippen molar-refractivity contribution in [3.8, 4) is 0 Å². The van der Waals surface area contributed by atoms with E-state index in [9.17, 15) is 31.1 Å². The molecule has 5 rings (SSSR count). The Balaban J connectivity index is 1.53. The first-order chi connectivity index (χ1) is 17.5. The number of carbonyl (C=O) groups excluding carboxylic acids is 1. The quantitative estimate of drug-likeness (QED) is 0.269. The molecule has 2 aromatic rings. The zero-order valence-electron chi connectivity index (χ0n) is 19.9. The van der Waals surface area contributed by atoms with Crippen LogP contribution in [0.1, 0.15) is 24.1 Å². The highest BCUT2D eigenvalue weighted by molar-refractivity contribution is 5.81. The van der Waals surface area contributed by atoms with Crippen LogP contribution in [-0.2, 0) is 11.0 Å². The topological polar surface area (TPSA) is 85.2 Å². The Bertz CT molecular complexity index is 1150. The molecule has 2 saturated heterocycles. The van der Waals surface area contributed by atoms with Gasteiger partial charge < -0.3 is 25.3 Å². The van der Waals surface area contributed by atoms with Crippen molar-refractivity contribution in [2.45, 2.75) is 25.4 Å². The lowest BCUT2D eigenvalue weighted by Gasteiger charge is -2.63. The summed E-state index contributed by atoms with van der Waals surface area (Å²) in [6.45, 7) is 0.639. The lowest BCUT2D eigenvalue weighted by atomic mass is 9.49. The maximum atomic E-state index is 13.8. The maximum Gasteiger partial charge on any atom is 0.419 e. The van der Waals surface area contributed by atoms with Gasteiger partial charge in [0.25, 0.3) is 6.43 Å². The summed E-state index contributed by atoms with van der Waals surface area (Å²) in [6.07, 6.45) is -3.20. The van der Waals surface area contributed by atoms with Crippen molar-refractivity contribution in [3.05, 3.63) is 41.5 Å². The summed E-state index contributed by atoms with van der Waals surface area (Å²) in [5.74, 6) is -0.798. The number of aldehydes is 1. The van der Waals surface area contributed by atoms with Gasteiger partial charge in [-0.15, -0.1) is 0 Å². The number of benzene rings is 1. The second kappa shape index (κ2) is 10.2. The van der Waals surface area contributed by atoms with Gasteiger partial charge in [-0.2, -0.15) is 13.2 Å². The molecule has 7 nitrogen and oxygen atoms in total. The normalized spacial score (nSPS) is 23.0. The summed E-state index contributed by atoms with van der Waals surface area (Å²) >= 11 is 0. The number of piperidine rings is 2. The molecular formula is C24H26F6N6O. The van der Waals surface area contributed by atoms with E-state index in [0.29, 0.717) is 25.5 Å². The molecule has 1 aliphatic carbocycles. The van der Waals surface area contributed by atoms with E-state index in [1.54, 1.807) is 11.9 Å². The number of alkyl halides is 5. The molecule has 2 N–H and O–H groups in total. The summed E-state index contributed by atoms with van der Waals surface area (Å²) in [7, 11) is 1.62. The number of carbonyl (C=O) groups is 1. The van der Waals surface area contributed by atoms with Crippen LogP contribution in [0.3, 0.4) is 0 Å². The Kier molecular flexibility index (Phi) is 7.33. The number of nitrogens with zero attached hydrogens (tertiary/aromatic N) is 4. The molecule has 2 atom stereocenters. The Morgan fingerprint density at radius 2 is 2.00 bits per heavy atom. The SMILES string of the molecule is CN(CC1(CC=O)C2CC1CN(c1cnc(C=N)c(NCC(F)F)n1)C2)c1ccc(F)c(C(F)(F)F)c1. The average Bonchev–Trinajstić information content (AvgIpc) is 2.86. The van der Waals surface area contributed by atoms with Gasteiger partial charge in [-0.1, -0.05) is 0 Å². The van der Waals surface area contributed by atoms with Crippen LogP contribution < -0.4 is 15.1 Å². The van der Waals surface area contributed by atoms with Crippen molar-refractivity contribution in [2.75, 3.05) is 48.3 Å². The van der Waals surface area contributed by atoms with Gasteiger partial charge >= 0.3 is 6.18 Å². The molecule has 2 bridgehead atoms. The predicted octanol–water partition coefficient (Wildman–Crippen LogP) is 4.48. The number of halogens is 6. The molecule has 1 aromatic heterocycles. The first-order valence-corrected chi connectivity index (χ1v) is 11.6. The van der Waals surface area contributed by atoms with Crippen LogP contribution in [0.5, 0.6) is 0 Å². The molecule has 0 amide bonds. The Hall–Kier alpha value is -3.38. The number of hydrogen-bond acceptors (Lipinski definition) is 7. The largest absolute Gasteiger partial charge is 0.419 e. The molecular weight excluding hydrogens is 502 g/mol. The van der Waals surface area contributed by atoms with Gasteiger partial charge in [0.2, 0.25) is 0 Å². The zero-order valence-corrected chi connectivity index (χ0v) is 19.9. The summed E-state index contributed by atoms with van der Waals surface area (Å²) in [5, 5.41) is 9.93. The summed E-state index contributed by atoms with van der Waals surface area (Å²) in [4.78, 5) is 23.7. The standard InChI is InChI=1S/C24H26F6N6O/c1-35(16-2-3-18(25)17(7-16)24(28,29)30)13-23(4-5-37)14-6-15(23)12-36(11-14)21-10-32-19(8-31)22(34-21)33-9-20(26)27/h2-3,5,7-8,10,14-15,20,31H,4,6,9,11-13H2,1H3,(H,33,34). The molecule has 0 spiro atoms. The van der Waals surface area contributed by atoms with Crippen LogP contribution in [0.25, 0.3) is 0 Å². The minimum absolute atomic E-state index is 0.0168. The zero-order chi connectivity index (χ0) is 27.0. The molecule has 3 heterocycles. The van der Waals surface area contributed by atoms with E-state index in [-0.39, 0.29) is 35.5 Å². The summed E-state index contributed by atoms with van der Waals surface area (Å²) in [6, 6.07) is 2.86. The first kappa shape index (κ1) is 26.7. The van der Waals surface area contributed by atoms with E-state index >= 15 is 0 Å². The van der Waals surface area contributed by atoms with Gasteiger partial charge in [0.1, 0.15) is 23.6 Å². The smallest absolute Gasteiger partial charge is 0.374 e. The van der Waals surface area contributed by atoms with Crippen LogP contribution >= 0.6 is 0 Å². The molecule has 13 heteroatoms. The van der Waals surface area contributed by atoms with Crippen molar-refractivity contribution in [3.63, 3.8) is 0 Å². The number of hydrogen-bond donors (Lipinski definition) is 2. The van der Waals surface area contributed by atoms with E-state index in [1.165, 1.54) is 12.3 Å². The number of aromatic nitrogens is 2. The fraction of sp³-hybridized carbons (Fsp3) is 0.500. The number of rotatable bonds is 10. The van der Waals surface area contributed by atoms with E-state index in [4.69, 9.17) is 5.41 Å². The molecule has 3 fully saturated rings. The third kappa shape index (κ3) is 5.21. The van der Waals surface area contributed by atoms with E-state index in [1.807, 2.05) is 4.90 Å². The molecule has 0 radical (unpaired) electrons. The van der Waals surface area contributed by atoms with Gasteiger partial charge in [-0.25, -0.2) is 23.1 Å². The molecule has 1 saturated carbocycles. The van der Waals surface area contributed by atoms with Crippen LogP contribution in [0.2, 0.25) is 0 Å². The van der Waals surface area contributed by atoms with E-state index in [0.717, 1.165) is 31.1 Å². The lowest BCUT2D eigenvalue weighted by Crippen LogP contribution is -2.66. The second-order valence-corrected chi connectivity index (χ2v) is 9.53. The fourth-order valence-corrected chi connectivity index (χ4v) is 5.56. The minimum Gasteiger partial charge on any atom is -0.374 e. The third-order valence-electron chi connectivity index (χ3n) is 7.44. The molecule has 37 heavy (non-hydrogen) atoms. The Labute approximate surface area is 209 Å². The van der Waals surface area contributed by atoms with Crippen molar-refractivity contribution in [1.82, 2.24) is 9.97 Å². The highest BCUT2D eigenvalue weighted by Crippen LogP contribution is 2.58. The minimum atomic E-state index is -4.83. The highest BCUT2D eigenvalue weighted by atomic mass is 19.4. The lowest BCUT2D eigenvalue weighted by molar-refractivity contribution is -0.139. The highest BCUT2D eigenvalue weighted by Gasteiger charge is 2.58. The van der Waals surface area contributed by atoms with Crippen LogP contribution in [0.15, 0.2) is 24.4 Å². The second-order valence-electron chi connectivity index (χ2n) is 9.53. The van der Waals surface area contributed by atoms with Crippen molar-refractivity contribution in [2.24, 2.45) is 17.3 Å². The van der Waals surface area contributed by atoms with E-state index < -0.39 is 35.9 Å². The van der Waals surface area contributed by atoms with Gasteiger partial charge in [-0.05, 0) is 36.5 Å². The number of nitrogens with one attached hydrogen (secondary N) is 2. The van der Waals surface area contributed by atoms with Gasteiger partial charge in [-0.3, -0.25) is 0 Å². The van der Waals surface area contributed by atoms with Crippen LogP contribution in [0.4, 0.5) is 43.7 Å². The monoisotopic (exact) mass is 528 g/mol. The van der Waals surface area contributed by atoms with E-state index in [2.05, 4.69) is 15.3 Å². The molecule has 200 valence electrons. The Morgan fingerprint density at radius 1 is 1.30 bits per heavy atom. The van der Waals surface area contributed by atoms with Crippen molar-refractivity contribution >= 4 is 29.8 Å². The molecule has 2 aliphatic heterocycles. The van der Waals surface area contributed by atoms with Gasteiger partial charge in [0, 0.05) is 50.4 Å². The fourth-order valence-electron chi connectivity index (χ4n) is 5.56. The first-order valence-electron chi connectivity index (χ1n) is 11.6. The van der Waals surface area contributed by atoms with Crippen LogP contribution in [0, 0.1) is 28.5 Å². The molecule has 3 aliphatic rings. The summed E-state index contributed by atoms with van der Waals surface area (Å²) in [5.41, 5.74) is -1.51. The van der Waals surface area contributed by atoms with Crippen LogP contribution in [-0.4, -0.2) is 62.1 Å². The van der Waals surface area contributed by atoms with Crippen molar-refractivity contribution < 1.29 is 31.1 Å². The number of fused-ring (bicyclic) bond motifs is 2.